The van der Waals surface area contributed by atoms with Gasteiger partial charge in [-0.25, -0.2) is 9.97 Å². The summed E-state index contributed by atoms with van der Waals surface area (Å²) in [5.41, 5.74) is 13.5. The number of hydrogen-bond acceptors (Lipinski definition) is 3. The first-order valence-corrected chi connectivity index (χ1v) is 18.2. The zero-order valence-corrected chi connectivity index (χ0v) is 28.9. The maximum Gasteiger partial charge on any atom is 0.160 e. The molecule has 7 aromatic carbocycles. The zero-order valence-electron chi connectivity index (χ0n) is 28.0. The molecule has 0 N–H and O–H groups in total. The van der Waals surface area contributed by atoms with Gasteiger partial charge in [-0.2, -0.15) is 0 Å². The average Bonchev–Trinajstić information content (AvgIpc) is 3.71. The molecule has 0 saturated carbocycles. The Hall–Kier alpha value is -6.16. The van der Waals surface area contributed by atoms with Gasteiger partial charge in [0.15, 0.2) is 5.82 Å². The number of hydrogen-bond donors (Lipinski definition) is 0. The van der Waals surface area contributed by atoms with E-state index in [0.717, 1.165) is 33.6 Å². The monoisotopic (exact) mass is 668 g/mol. The molecule has 3 heteroatoms. The molecule has 2 aromatic heterocycles. The van der Waals surface area contributed by atoms with Crippen molar-refractivity contribution in [2.45, 2.75) is 12.3 Å². The predicted octanol–water partition coefficient (Wildman–Crippen LogP) is 12.8. The van der Waals surface area contributed by atoms with Gasteiger partial charge >= 0.3 is 0 Å². The number of thiophene rings is 1. The van der Waals surface area contributed by atoms with Crippen LogP contribution in [0, 0.1) is 0 Å². The van der Waals surface area contributed by atoms with E-state index in [-0.39, 0.29) is 5.41 Å². The molecular weight excluding hydrogens is 637 g/mol. The Morgan fingerprint density at radius 1 is 0.412 bits per heavy atom. The van der Waals surface area contributed by atoms with Crippen LogP contribution in [0.2, 0.25) is 0 Å². The van der Waals surface area contributed by atoms with Crippen molar-refractivity contribution in [2.75, 3.05) is 0 Å². The van der Waals surface area contributed by atoms with Crippen LogP contribution < -0.4 is 0 Å². The lowest BCUT2D eigenvalue weighted by molar-refractivity contribution is 0.714. The summed E-state index contributed by atoms with van der Waals surface area (Å²) in [6, 6.07) is 63.3. The van der Waals surface area contributed by atoms with Gasteiger partial charge in [0, 0.05) is 42.3 Å². The van der Waals surface area contributed by atoms with Crippen LogP contribution in [-0.4, -0.2) is 9.97 Å². The summed E-state index contributed by atoms with van der Waals surface area (Å²) in [6.45, 7) is 2.36. The van der Waals surface area contributed by atoms with Crippen molar-refractivity contribution in [1.29, 1.82) is 0 Å². The van der Waals surface area contributed by atoms with Crippen molar-refractivity contribution in [3.63, 3.8) is 0 Å². The minimum Gasteiger partial charge on any atom is -0.228 e. The third-order valence-corrected chi connectivity index (χ3v) is 11.8. The molecule has 2 nitrogen and oxygen atoms in total. The van der Waals surface area contributed by atoms with Crippen molar-refractivity contribution in [1.82, 2.24) is 9.97 Å². The van der Waals surface area contributed by atoms with Crippen molar-refractivity contribution >= 4 is 31.5 Å². The van der Waals surface area contributed by atoms with Crippen LogP contribution in [0.5, 0.6) is 0 Å². The molecule has 1 unspecified atom stereocenters. The molecule has 0 radical (unpaired) electrons. The Morgan fingerprint density at radius 2 is 1.04 bits per heavy atom. The Labute approximate surface area is 301 Å². The summed E-state index contributed by atoms with van der Waals surface area (Å²) in [5.74, 6) is 0.715. The van der Waals surface area contributed by atoms with Crippen molar-refractivity contribution in [3.05, 3.63) is 193 Å². The van der Waals surface area contributed by atoms with E-state index in [0.29, 0.717) is 5.82 Å². The largest absolute Gasteiger partial charge is 0.228 e. The first-order chi connectivity index (χ1) is 25.1. The second-order valence-electron chi connectivity index (χ2n) is 13.5. The summed E-state index contributed by atoms with van der Waals surface area (Å²) in [7, 11) is 0. The molecule has 1 atom stereocenters. The van der Waals surface area contributed by atoms with Crippen LogP contribution in [-0.2, 0) is 5.41 Å². The van der Waals surface area contributed by atoms with E-state index < -0.39 is 0 Å². The minimum absolute atomic E-state index is 0.293. The molecular formula is C48H32N2S. The first-order valence-electron chi connectivity index (χ1n) is 17.4. The van der Waals surface area contributed by atoms with E-state index in [1.807, 2.05) is 17.4 Å². The molecule has 0 amide bonds. The summed E-state index contributed by atoms with van der Waals surface area (Å²) in [5, 5.41) is 2.59. The first kappa shape index (κ1) is 29.7. The van der Waals surface area contributed by atoms with Gasteiger partial charge in [-0.1, -0.05) is 146 Å². The highest BCUT2D eigenvalue weighted by Gasteiger charge is 2.40. The van der Waals surface area contributed by atoms with Gasteiger partial charge in [0.25, 0.3) is 0 Å². The highest BCUT2D eigenvalue weighted by Crippen LogP contribution is 2.53. The van der Waals surface area contributed by atoms with Gasteiger partial charge < -0.3 is 0 Å². The minimum atomic E-state index is -0.293. The smallest absolute Gasteiger partial charge is 0.160 e. The highest BCUT2D eigenvalue weighted by atomic mass is 32.1. The lowest BCUT2D eigenvalue weighted by atomic mass is 9.74. The Balaban J connectivity index is 1.17. The van der Waals surface area contributed by atoms with Crippen molar-refractivity contribution in [3.8, 4) is 56.2 Å². The van der Waals surface area contributed by atoms with Gasteiger partial charge in [-0.15, -0.1) is 11.3 Å². The fraction of sp³-hybridized carbons (Fsp3) is 0.0417. The molecule has 0 spiro atoms. The summed E-state index contributed by atoms with van der Waals surface area (Å²) >= 11 is 1.85. The van der Waals surface area contributed by atoms with Crippen molar-refractivity contribution < 1.29 is 0 Å². The third kappa shape index (κ3) is 4.77. The normalized spacial score (nSPS) is 14.8. The summed E-state index contributed by atoms with van der Waals surface area (Å²) in [6.07, 6.45) is 0. The van der Waals surface area contributed by atoms with Crippen LogP contribution in [0.1, 0.15) is 23.6 Å². The maximum absolute atomic E-state index is 5.26. The summed E-state index contributed by atoms with van der Waals surface area (Å²) in [4.78, 5) is 10.5. The molecule has 0 saturated heterocycles. The van der Waals surface area contributed by atoms with E-state index in [9.17, 15) is 0 Å². The molecule has 1 aliphatic rings. The molecule has 240 valence electrons. The van der Waals surface area contributed by atoms with E-state index in [4.69, 9.17) is 9.97 Å². The molecule has 0 bridgehead atoms. The zero-order chi connectivity index (χ0) is 33.9. The molecule has 51 heavy (non-hydrogen) atoms. The molecule has 0 fully saturated rings. The van der Waals surface area contributed by atoms with Crippen molar-refractivity contribution in [2.24, 2.45) is 0 Å². The Morgan fingerprint density at radius 3 is 1.88 bits per heavy atom. The van der Waals surface area contributed by atoms with Gasteiger partial charge in [0.05, 0.1) is 11.4 Å². The highest BCUT2D eigenvalue weighted by molar-refractivity contribution is 7.25. The average molecular weight is 669 g/mol. The predicted molar refractivity (Wildman–Crippen MR) is 214 cm³/mol. The fourth-order valence-corrected chi connectivity index (χ4v) is 9.12. The topological polar surface area (TPSA) is 25.8 Å². The number of fused-ring (bicyclic) bond motifs is 6. The van der Waals surface area contributed by atoms with E-state index in [2.05, 4.69) is 177 Å². The number of nitrogens with zero attached hydrogens (tertiary/aromatic N) is 2. The van der Waals surface area contributed by atoms with E-state index >= 15 is 0 Å². The quantitative estimate of drug-likeness (QED) is 0.182. The van der Waals surface area contributed by atoms with Gasteiger partial charge in [-0.05, 0) is 76.2 Å². The van der Waals surface area contributed by atoms with Gasteiger partial charge in [0.1, 0.15) is 0 Å². The standard InChI is InChI=1S/C48H32N2S/c1-48(34-16-6-3-7-17-34)41-22-12-10-19-36(41)37-26-24-33(29-42(37)48)43-30-44(50-47(49-43)31-14-4-2-5-15-31)38-20-9-8-18-35(38)32-25-27-46-40(28-32)39-21-11-13-23-45(39)51-46/h2-30H,1H3. The second-order valence-corrected chi connectivity index (χ2v) is 14.6. The van der Waals surface area contributed by atoms with E-state index in [1.54, 1.807) is 0 Å². The van der Waals surface area contributed by atoms with Crippen LogP contribution in [0.25, 0.3) is 76.3 Å². The van der Waals surface area contributed by atoms with Gasteiger partial charge in [0.2, 0.25) is 0 Å². The molecule has 10 rings (SSSR count). The lowest BCUT2D eigenvalue weighted by Gasteiger charge is -2.28. The fourth-order valence-electron chi connectivity index (χ4n) is 8.03. The lowest BCUT2D eigenvalue weighted by Crippen LogP contribution is -2.22. The second kappa shape index (κ2) is 11.7. The molecule has 9 aromatic rings. The van der Waals surface area contributed by atoms with E-state index in [1.165, 1.54) is 53.6 Å². The number of aromatic nitrogens is 2. The number of benzene rings is 7. The number of rotatable bonds is 5. The van der Waals surface area contributed by atoms with Crippen LogP contribution >= 0.6 is 11.3 Å². The Kier molecular flexibility index (Phi) is 6.83. The third-order valence-electron chi connectivity index (χ3n) is 10.6. The molecule has 0 aliphatic heterocycles. The van der Waals surface area contributed by atoms with Crippen LogP contribution in [0.15, 0.2) is 176 Å². The van der Waals surface area contributed by atoms with Crippen LogP contribution in [0.4, 0.5) is 0 Å². The van der Waals surface area contributed by atoms with Gasteiger partial charge in [-0.3, -0.25) is 0 Å². The molecule has 2 heterocycles. The Bertz CT molecular complexity index is 2760. The van der Waals surface area contributed by atoms with Crippen LogP contribution in [0.3, 0.4) is 0 Å². The SMILES string of the molecule is CC1(c2ccccc2)c2ccccc2-c2ccc(-c3cc(-c4ccccc4-c4ccc5sc6ccccc6c5c4)nc(-c4ccccc4)n3)cc21. The molecule has 1 aliphatic carbocycles. The summed E-state index contributed by atoms with van der Waals surface area (Å²) < 4.78 is 2.61. The maximum atomic E-state index is 5.26.